The van der Waals surface area contributed by atoms with Gasteiger partial charge < -0.3 is 5.32 Å². The number of nitrogens with one attached hydrogen (secondary N) is 1. The van der Waals surface area contributed by atoms with E-state index in [1.807, 2.05) is 19.9 Å². The van der Waals surface area contributed by atoms with Crippen molar-refractivity contribution in [2.75, 3.05) is 12.4 Å². The number of rotatable bonds is 1. The van der Waals surface area contributed by atoms with E-state index in [0.717, 1.165) is 11.1 Å². The predicted octanol–water partition coefficient (Wildman–Crippen LogP) is 0.748. The number of fused-ring (bicyclic) bond motifs is 1. The van der Waals surface area contributed by atoms with Gasteiger partial charge in [0.05, 0.1) is 0 Å². The summed E-state index contributed by atoms with van der Waals surface area (Å²) in [6.45, 7) is 3.86. The first-order valence-corrected chi connectivity index (χ1v) is 4.67. The van der Waals surface area contributed by atoms with Gasteiger partial charge in [0, 0.05) is 13.2 Å². The standard InChI is InChI=1S/C10H12N4O/c1-6-4-7(2)8-12-9(11-3)13-10(15)14(8)5-6/h4-5H,1-3H3,(H,11,13,15). The Morgan fingerprint density at radius 1 is 1.33 bits per heavy atom. The van der Waals surface area contributed by atoms with Gasteiger partial charge in [-0.2, -0.15) is 9.97 Å². The molecule has 0 radical (unpaired) electrons. The van der Waals surface area contributed by atoms with Gasteiger partial charge >= 0.3 is 5.69 Å². The molecule has 0 fully saturated rings. The second-order valence-corrected chi connectivity index (χ2v) is 3.47. The molecular formula is C10H12N4O. The van der Waals surface area contributed by atoms with Gasteiger partial charge in [-0.1, -0.05) is 6.07 Å². The van der Waals surface area contributed by atoms with Crippen LogP contribution < -0.4 is 11.0 Å². The van der Waals surface area contributed by atoms with Crippen molar-refractivity contribution < 1.29 is 0 Å². The van der Waals surface area contributed by atoms with Crippen LogP contribution in [0.5, 0.6) is 0 Å². The monoisotopic (exact) mass is 204 g/mol. The lowest BCUT2D eigenvalue weighted by Gasteiger charge is -2.05. The summed E-state index contributed by atoms with van der Waals surface area (Å²) in [6, 6.07) is 1.99. The number of aryl methyl sites for hydroxylation is 2. The maximum absolute atomic E-state index is 11.6. The summed E-state index contributed by atoms with van der Waals surface area (Å²) < 4.78 is 1.46. The second-order valence-electron chi connectivity index (χ2n) is 3.47. The van der Waals surface area contributed by atoms with Gasteiger partial charge in [-0.05, 0) is 25.0 Å². The first kappa shape index (κ1) is 9.64. The Bertz CT molecular complexity index is 573. The molecule has 5 heteroatoms. The smallest absolute Gasteiger partial charge is 0.356 e. The van der Waals surface area contributed by atoms with Crippen molar-refractivity contribution in [3.8, 4) is 0 Å². The molecule has 2 aromatic heterocycles. The van der Waals surface area contributed by atoms with Crippen molar-refractivity contribution in [1.82, 2.24) is 14.4 Å². The molecule has 0 aliphatic rings. The summed E-state index contributed by atoms with van der Waals surface area (Å²) in [7, 11) is 1.69. The summed E-state index contributed by atoms with van der Waals surface area (Å²) in [4.78, 5) is 19.7. The number of pyridine rings is 1. The van der Waals surface area contributed by atoms with E-state index in [4.69, 9.17) is 0 Å². The lowest BCUT2D eigenvalue weighted by molar-refractivity contribution is 0.930. The summed E-state index contributed by atoms with van der Waals surface area (Å²) in [5.41, 5.74) is 2.31. The van der Waals surface area contributed by atoms with Crippen LogP contribution in [0.3, 0.4) is 0 Å². The van der Waals surface area contributed by atoms with E-state index in [1.165, 1.54) is 4.40 Å². The molecule has 78 valence electrons. The predicted molar refractivity (Wildman–Crippen MR) is 58.3 cm³/mol. The summed E-state index contributed by atoms with van der Waals surface area (Å²) in [5.74, 6) is 0.354. The van der Waals surface area contributed by atoms with E-state index in [0.29, 0.717) is 11.6 Å². The van der Waals surface area contributed by atoms with Gasteiger partial charge in [0.15, 0.2) is 0 Å². The molecule has 0 amide bonds. The minimum atomic E-state index is -0.309. The number of aromatic nitrogens is 3. The van der Waals surface area contributed by atoms with E-state index in [9.17, 15) is 4.79 Å². The molecule has 0 unspecified atom stereocenters. The van der Waals surface area contributed by atoms with Crippen molar-refractivity contribution in [3.05, 3.63) is 33.9 Å². The summed E-state index contributed by atoms with van der Waals surface area (Å²) in [5, 5.41) is 2.77. The SMILES string of the molecule is CNc1nc(=O)n2cc(C)cc(C)c2n1. The maximum atomic E-state index is 11.6. The summed E-state index contributed by atoms with van der Waals surface area (Å²) in [6.07, 6.45) is 1.74. The Hall–Kier alpha value is -1.91. The van der Waals surface area contributed by atoms with Crippen LogP contribution in [0.4, 0.5) is 5.95 Å². The molecule has 0 atom stereocenters. The third kappa shape index (κ3) is 1.56. The van der Waals surface area contributed by atoms with Crippen LogP contribution in [-0.2, 0) is 0 Å². The van der Waals surface area contributed by atoms with Crippen LogP contribution in [0, 0.1) is 13.8 Å². The van der Waals surface area contributed by atoms with Crippen molar-refractivity contribution in [1.29, 1.82) is 0 Å². The first-order valence-electron chi connectivity index (χ1n) is 4.67. The van der Waals surface area contributed by atoms with Crippen LogP contribution in [0.2, 0.25) is 0 Å². The topological polar surface area (TPSA) is 59.3 Å². The van der Waals surface area contributed by atoms with Crippen molar-refractivity contribution in [2.24, 2.45) is 0 Å². The normalized spacial score (nSPS) is 10.6. The van der Waals surface area contributed by atoms with Crippen LogP contribution in [0.1, 0.15) is 11.1 Å². The van der Waals surface area contributed by atoms with Crippen molar-refractivity contribution in [2.45, 2.75) is 13.8 Å². The van der Waals surface area contributed by atoms with Crippen LogP contribution in [-0.4, -0.2) is 21.4 Å². The molecule has 2 aromatic rings. The molecular weight excluding hydrogens is 192 g/mol. The van der Waals surface area contributed by atoms with Gasteiger partial charge in [0.1, 0.15) is 5.65 Å². The van der Waals surface area contributed by atoms with Gasteiger partial charge in [0.25, 0.3) is 0 Å². The highest BCUT2D eigenvalue weighted by Gasteiger charge is 2.05. The zero-order valence-electron chi connectivity index (χ0n) is 8.90. The third-order valence-electron chi connectivity index (χ3n) is 2.20. The fourth-order valence-corrected chi connectivity index (χ4v) is 1.57. The van der Waals surface area contributed by atoms with E-state index in [-0.39, 0.29) is 5.69 Å². The molecule has 2 rings (SSSR count). The molecule has 0 saturated carbocycles. The molecule has 2 heterocycles. The van der Waals surface area contributed by atoms with Gasteiger partial charge in [-0.25, -0.2) is 4.79 Å². The summed E-state index contributed by atoms with van der Waals surface area (Å²) >= 11 is 0. The maximum Gasteiger partial charge on any atom is 0.356 e. The highest BCUT2D eigenvalue weighted by Crippen LogP contribution is 2.09. The molecule has 0 bridgehead atoms. The molecule has 0 aromatic carbocycles. The Balaban J connectivity index is 2.91. The van der Waals surface area contributed by atoms with Gasteiger partial charge in [-0.3, -0.25) is 4.40 Å². The number of hydrogen-bond donors (Lipinski definition) is 1. The lowest BCUT2D eigenvalue weighted by Crippen LogP contribution is -2.20. The fraction of sp³-hybridized carbons (Fsp3) is 0.300. The van der Waals surface area contributed by atoms with Crippen molar-refractivity contribution >= 4 is 11.6 Å². The molecule has 0 aliphatic heterocycles. The minimum absolute atomic E-state index is 0.309. The highest BCUT2D eigenvalue weighted by molar-refractivity contribution is 5.50. The van der Waals surface area contributed by atoms with E-state index < -0.39 is 0 Å². The zero-order chi connectivity index (χ0) is 11.0. The average molecular weight is 204 g/mol. The number of nitrogens with zero attached hydrogens (tertiary/aromatic N) is 3. The molecule has 15 heavy (non-hydrogen) atoms. The Morgan fingerprint density at radius 3 is 2.73 bits per heavy atom. The quantitative estimate of drug-likeness (QED) is 0.744. The number of hydrogen-bond acceptors (Lipinski definition) is 4. The van der Waals surface area contributed by atoms with Crippen molar-refractivity contribution in [3.63, 3.8) is 0 Å². The van der Waals surface area contributed by atoms with Gasteiger partial charge in [0.2, 0.25) is 5.95 Å². The molecule has 5 nitrogen and oxygen atoms in total. The first-order chi connectivity index (χ1) is 7.11. The third-order valence-corrected chi connectivity index (χ3v) is 2.20. The fourth-order valence-electron chi connectivity index (χ4n) is 1.57. The Kier molecular flexibility index (Phi) is 2.15. The molecule has 1 N–H and O–H groups in total. The number of anilines is 1. The molecule has 0 saturated heterocycles. The second kappa shape index (κ2) is 3.34. The zero-order valence-corrected chi connectivity index (χ0v) is 8.90. The highest BCUT2D eigenvalue weighted by atomic mass is 16.1. The van der Waals surface area contributed by atoms with E-state index in [2.05, 4.69) is 15.3 Å². The largest absolute Gasteiger partial charge is 0.357 e. The van der Waals surface area contributed by atoms with Gasteiger partial charge in [-0.15, -0.1) is 0 Å². The average Bonchev–Trinajstić information content (AvgIpc) is 2.19. The Labute approximate surface area is 86.8 Å². The molecule has 0 spiro atoms. The Morgan fingerprint density at radius 2 is 2.07 bits per heavy atom. The lowest BCUT2D eigenvalue weighted by atomic mass is 10.2. The van der Waals surface area contributed by atoms with E-state index in [1.54, 1.807) is 13.2 Å². The van der Waals surface area contributed by atoms with Crippen LogP contribution >= 0.6 is 0 Å². The minimum Gasteiger partial charge on any atom is -0.357 e. The molecule has 0 aliphatic carbocycles. The van der Waals surface area contributed by atoms with Crippen LogP contribution in [0.15, 0.2) is 17.1 Å². The van der Waals surface area contributed by atoms with E-state index >= 15 is 0 Å². The van der Waals surface area contributed by atoms with Crippen LogP contribution in [0.25, 0.3) is 5.65 Å².